The highest BCUT2D eigenvalue weighted by atomic mass is 35.5. The number of carbonyl (C=O) groups excluding carboxylic acids is 2. The molecule has 0 aliphatic carbocycles. The minimum atomic E-state index is -0.778. The summed E-state index contributed by atoms with van der Waals surface area (Å²) in [6, 6.07) is 9.65. The number of aromatic nitrogens is 1. The molecule has 1 amide bonds. The summed E-state index contributed by atoms with van der Waals surface area (Å²) < 4.78 is 0. The molecule has 1 atom stereocenters. The largest absolute Gasteiger partial charge is 0.503 e. The number of hydrogen-bond donors (Lipinski definition) is 1. The van der Waals surface area contributed by atoms with Crippen LogP contribution < -0.4 is 4.90 Å². The maximum atomic E-state index is 12.7. The number of anilines is 1. The van der Waals surface area contributed by atoms with E-state index >= 15 is 0 Å². The number of Topliss-reactive ketones (excluding diaryl/α,β-unsaturated/α-hetero) is 1. The second-order valence-corrected chi connectivity index (χ2v) is 6.21. The Hall–Kier alpha value is -2.66. The van der Waals surface area contributed by atoms with E-state index in [-0.39, 0.29) is 17.8 Å². The zero-order valence-electron chi connectivity index (χ0n) is 13.9. The molecule has 1 unspecified atom stereocenters. The van der Waals surface area contributed by atoms with Gasteiger partial charge in [0.1, 0.15) is 6.04 Å². The first-order chi connectivity index (χ1) is 12.0. The SMILES string of the molecule is CCC(=O)C1=C(O)C(=O)N(c2ccc(C)c(Cl)c2)C1c1ccccn1. The van der Waals surface area contributed by atoms with Crippen molar-refractivity contribution in [3.63, 3.8) is 0 Å². The number of halogens is 1. The lowest BCUT2D eigenvalue weighted by Gasteiger charge is -2.26. The second-order valence-electron chi connectivity index (χ2n) is 5.80. The van der Waals surface area contributed by atoms with Gasteiger partial charge < -0.3 is 5.11 Å². The number of aliphatic hydroxyl groups is 1. The number of ketones is 1. The minimum Gasteiger partial charge on any atom is -0.503 e. The van der Waals surface area contributed by atoms with Crippen LogP contribution in [0.4, 0.5) is 5.69 Å². The third-order valence-electron chi connectivity index (χ3n) is 4.23. The van der Waals surface area contributed by atoms with Crippen LogP contribution in [0.3, 0.4) is 0 Å². The van der Waals surface area contributed by atoms with E-state index in [0.29, 0.717) is 16.4 Å². The molecule has 2 aromatic rings. The fraction of sp³-hybridized carbons (Fsp3) is 0.211. The van der Waals surface area contributed by atoms with Gasteiger partial charge >= 0.3 is 0 Å². The van der Waals surface area contributed by atoms with Gasteiger partial charge in [0, 0.05) is 23.3 Å². The van der Waals surface area contributed by atoms with Crippen LogP contribution in [0, 0.1) is 6.92 Å². The minimum absolute atomic E-state index is 0.0721. The van der Waals surface area contributed by atoms with E-state index in [4.69, 9.17) is 11.6 Å². The van der Waals surface area contributed by atoms with Gasteiger partial charge in [0.2, 0.25) is 0 Å². The van der Waals surface area contributed by atoms with Gasteiger partial charge in [-0.2, -0.15) is 0 Å². The molecular weight excluding hydrogens is 340 g/mol. The summed E-state index contributed by atoms with van der Waals surface area (Å²) in [7, 11) is 0. The first-order valence-corrected chi connectivity index (χ1v) is 8.30. The number of nitrogens with zero attached hydrogens (tertiary/aromatic N) is 2. The summed E-state index contributed by atoms with van der Waals surface area (Å²) in [6.07, 6.45) is 1.77. The van der Waals surface area contributed by atoms with Gasteiger partial charge in [-0.05, 0) is 36.8 Å². The Kier molecular flexibility index (Phi) is 4.59. The summed E-state index contributed by atoms with van der Waals surface area (Å²) >= 11 is 6.20. The number of aliphatic hydroxyl groups excluding tert-OH is 1. The number of carbonyl (C=O) groups is 2. The summed E-state index contributed by atoms with van der Waals surface area (Å²) in [4.78, 5) is 30.8. The Labute approximate surface area is 150 Å². The van der Waals surface area contributed by atoms with E-state index in [9.17, 15) is 14.7 Å². The molecule has 25 heavy (non-hydrogen) atoms. The summed E-state index contributed by atoms with van der Waals surface area (Å²) in [5, 5.41) is 10.9. The molecule has 1 N–H and O–H groups in total. The van der Waals surface area contributed by atoms with E-state index in [2.05, 4.69) is 4.98 Å². The molecule has 0 spiro atoms. The number of aryl methyl sites for hydroxylation is 1. The van der Waals surface area contributed by atoms with Crippen molar-refractivity contribution in [3.05, 3.63) is 70.2 Å². The van der Waals surface area contributed by atoms with Crippen molar-refractivity contribution < 1.29 is 14.7 Å². The molecule has 0 saturated carbocycles. The van der Waals surface area contributed by atoms with Gasteiger partial charge in [-0.3, -0.25) is 19.5 Å². The van der Waals surface area contributed by atoms with Crippen LogP contribution in [0.25, 0.3) is 0 Å². The lowest BCUT2D eigenvalue weighted by Crippen LogP contribution is -2.31. The first-order valence-electron chi connectivity index (χ1n) is 7.92. The Bertz CT molecular complexity index is 877. The molecule has 2 heterocycles. The van der Waals surface area contributed by atoms with Crippen LogP contribution >= 0.6 is 11.6 Å². The fourth-order valence-electron chi connectivity index (χ4n) is 2.90. The normalized spacial score (nSPS) is 17.3. The number of rotatable bonds is 4. The molecule has 128 valence electrons. The van der Waals surface area contributed by atoms with E-state index in [1.807, 2.05) is 6.92 Å². The molecule has 0 radical (unpaired) electrons. The molecule has 6 heteroatoms. The zero-order valence-corrected chi connectivity index (χ0v) is 14.6. The van der Waals surface area contributed by atoms with E-state index in [1.54, 1.807) is 49.5 Å². The Morgan fingerprint density at radius 2 is 2.08 bits per heavy atom. The maximum Gasteiger partial charge on any atom is 0.294 e. The smallest absolute Gasteiger partial charge is 0.294 e. The molecular formula is C19H17ClN2O3. The highest BCUT2D eigenvalue weighted by Gasteiger charge is 2.44. The molecule has 0 fully saturated rings. The molecule has 1 aromatic heterocycles. The van der Waals surface area contributed by atoms with Crippen molar-refractivity contribution in [1.82, 2.24) is 4.98 Å². The van der Waals surface area contributed by atoms with Crippen molar-refractivity contribution in [3.8, 4) is 0 Å². The second kappa shape index (κ2) is 6.69. The lowest BCUT2D eigenvalue weighted by molar-refractivity contribution is -0.118. The summed E-state index contributed by atoms with van der Waals surface area (Å²) in [6.45, 7) is 3.55. The first kappa shape index (κ1) is 17.2. The van der Waals surface area contributed by atoms with Crippen molar-refractivity contribution >= 4 is 29.0 Å². The van der Waals surface area contributed by atoms with Crippen molar-refractivity contribution in [2.24, 2.45) is 0 Å². The highest BCUT2D eigenvalue weighted by molar-refractivity contribution is 6.31. The number of hydrogen-bond acceptors (Lipinski definition) is 4. The van der Waals surface area contributed by atoms with Gasteiger partial charge in [0.15, 0.2) is 11.5 Å². The molecule has 0 bridgehead atoms. The van der Waals surface area contributed by atoms with Gasteiger partial charge in [0.05, 0.1) is 11.3 Å². The maximum absolute atomic E-state index is 12.7. The molecule has 1 aliphatic rings. The topological polar surface area (TPSA) is 70.5 Å². The van der Waals surface area contributed by atoms with Crippen LogP contribution in [0.5, 0.6) is 0 Å². The predicted octanol–water partition coefficient (Wildman–Crippen LogP) is 3.92. The van der Waals surface area contributed by atoms with Gasteiger partial charge in [0.25, 0.3) is 5.91 Å². The van der Waals surface area contributed by atoms with Gasteiger partial charge in [-0.25, -0.2) is 0 Å². The molecule has 3 rings (SSSR count). The number of amides is 1. The van der Waals surface area contributed by atoms with Crippen molar-refractivity contribution in [2.45, 2.75) is 26.3 Å². The summed E-state index contributed by atoms with van der Waals surface area (Å²) in [5.74, 6) is -1.45. The molecule has 5 nitrogen and oxygen atoms in total. The van der Waals surface area contributed by atoms with Crippen LogP contribution in [0.2, 0.25) is 5.02 Å². The Balaban J connectivity index is 2.18. The fourth-order valence-corrected chi connectivity index (χ4v) is 3.07. The third kappa shape index (κ3) is 2.91. The van der Waals surface area contributed by atoms with Crippen LogP contribution in [0.15, 0.2) is 53.9 Å². The third-order valence-corrected chi connectivity index (χ3v) is 4.64. The lowest BCUT2D eigenvalue weighted by atomic mass is 9.98. The van der Waals surface area contributed by atoms with Crippen molar-refractivity contribution in [1.29, 1.82) is 0 Å². The Morgan fingerprint density at radius 3 is 2.68 bits per heavy atom. The quantitative estimate of drug-likeness (QED) is 0.901. The van der Waals surface area contributed by atoms with E-state index in [0.717, 1.165) is 5.56 Å². The van der Waals surface area contributed by atoms with Crippen LogP contribution in [0.1, 0.15) is 30.6 Å². The Morgan fingerprint density at radius 1 is 1.32 bits per heavy atom. The predicted molar refractivity (Wildman–Crippen MR) is 95.6 cm³/mol. The van der Waals surface area contributed by atoms with Crippen molar-refractivity contribution in [2.75, 3.05) is 4.90 Å². The van der Waals surface area contributed by atoms with Gasteiger partial charge in [-0.1, -0.05) is 30.7 Å². The number of pyridine rings is 1. The molecule has 1 aliphatic heterocycles. The van der Waals surface area contributed by atoms with E-state index in [1.165, 1.54) is 4.90 Å². The summed E-state index contributed by atoms with van der Waals surface area (Å²) in [5.41, 5.74) is 1.95. The van der Waals surface area contributed by atoms with Crippen LogP contribution in [-0.2, 0) is 9.59 Å². The zero-order chi connectivity index (χ0) is 18.1. The van der Waals surface area contributed by atoms with Crippen LogP contribution in [-0.4, -0.2) is 21.8 Å². The molecule has 1 aromatic carbocycles. The average molecular weight is 357 g/mol. The highest BCUT2D eigenvalue weighted by Crippen LogP contribution is 2.41. The average Bonchev–Trinajstić information content (AvgIpc) is 2.89. The van der Waals surface area contributed by atoms with E-state index < -0.39 is 17.7 Å². The number of benzene rings is 1. The monoisotopic (exact) mass is 356 g/mol. The molecule has 0 saturated heterocycles. The standard InChI is InChI=1S/C19H17ClN2O3/c1-3-15(23)16-17(14-6-4-5-9-21-14)22(19(25)18(16)24)12-8-7-11(2)13(20)10-12/h4-10,17,24H,3H2,1-2H3. The van der Waals surface area contributed by atoms with Gasteiger partial charge in [-0.15, -0.1) is 0 Å².